The standard InChI is InChI=1S/C60H86N10O8/c1-35(61-3)53(71)67-51(39-17-7-5-8-18-39)59(77)69-33-43(31-49(69)57(75)65-47-29-27-37-15-11-13-21-45(37)47)63-55(73)41-23-25-42(26-24-41)56(74)64-44-32-50(58(76)66-48-30-28-38-16-12-14-22-46(38)48)70(34-44)60(78)52(40-19-9-6-10-20-40)68-54(72)36(2)62-4/h11-16,21-22,35-36,39-44,47-52,61-62H,5-10,17-20,23-34H2,1-4H3,(H,63,73)(H,64,74)(H,65,75)(H,66,76)(H,67,71)(H,68,72)/t35-,36-,41?,42?,43-,44-,47+,48?,49?,50-,51-,52-/m0/s1. The second-order valence-corrected chi connectivity index (χ2v) is 23.8. The van der Waals surface area contributed by atoms with Crippen LogP contribution in [0.5, 0.6) is 0 Å². The first kappa shape index (κ1) is 56.8. The Kier molecular flexibility index (Phi) is 18.9. The van der Waals surface area contributed by atoms with Gasteiger partial charge in [0.25, 0.3) is 0 Å². The van der Waals surface area contributed by atoms with E-state index in [-0.39, 0.29) is 109 Å². The van der Waals surface area contributed by atoms with Crippen molar-refractivity contribution in [3.8, 4) is 0 Å². The largest absolute Gasteiger partial charge is 0.351 e. The zero-order valence-electron chi connectivity index (χ0n) is 46.4. The lowest BCUT2D eigenvalue weighted by Crippen LogP contribution is -2.58. The maximum absolute atomic E-state index is 14.9. The fraction of sp³-hybridized carbons (Fsp3) is 0.667. The van der Waals surface area contributed by atoms with Crippen LogP contribution >= 0.6 is 0 Å². The summed E-state index contributed by atoms with van der Waals surface area (Å²) in [6.45, 7) is 3.75. The van der Waals surface area contributed by atoms with E-state index >= 15 is 0 Å². The Morgan fingerprint density at radius 3 is 1.21 bits per heavy atom. The Labute approximate surface area is 460 Å². The second-order valence-electron chi connectivity index (χ2n) is 23.8. The molecular formula is C60H86N10O8. The normalized spacial score (nSPS) is 27.8. The number of carbonyl (C=O) groups is 8. The van der Waals surface area contributed by atoms with Gasteiger partial charge in [-0.2, -0.15) is 0 Å². The van der Waals surface area contributed by atoms with Gasteiger partial charge in [0.1, 0.15) is 24.2 Å². The highest BCUT2D eigenvalue weighted by Crippen LogP contribution is 2.36. The molecule has 2 unspecified atom stereocenters. The minimum absolute atomic E-state index is 0.0767. The maximum atomic E-state index is 14.9. The van der Waals surface area contributed by atoms with Crippen molar-refractivity contribution in [3.05, 3.63) is 70.8 Å². The van der Waals surface area contributed by atoms with E-state index in [4.69, 9.17) is 0 Å². The first-order valence-electron chi connectivity index (χ1n) is 29.6. The van der Waals surface area contributed by atoms with Crippen LogP contribution in [0, 0.1) is 23.7 Å². The van der Waals surface area contributed by atoms with Gasteiger partial charge in [-0.3, -0.25) is 38.4 Å². The highest BCUT2D eigenvalue weighted by molar-refractivity contribution is 5.95. The van der Waals surface area contributed by atoms with Gasteiger partial charge in [0.15, 0.2) is 0 Å². The molecule has 2 heterocycles. The Morgan fingerprint density at radius 1 is 0.462 bits per heavy atom. The van der Waals surface area contributed by atoms with Gasteiger partial charge in [0.05, 0.1) is 24.2 Å². The number of benzene rings is 2. The average molecular weight is 1080 g/mol. The monoisotopic (exact) mass is 1070 g/mol. The fourth-order valence-corrected chi connectivity index (χ4v) is 13.9. The lowest BCUT2D eigenvalue weighted by Gasteiger charge is -2.35. The van der Waals surface area contributed by atoms with Crippen molar-refractivity contribution in [1.29, 1.82) is 0 Å². The van der Waals surface area contributed by atoms with Crippen LogP contribution < -0.4 is 42.5 Å². The number of nitrogens with zero attached hydrogens (tertiary/aromatic N) is 2. The summed E-state index contributed by atoms with van der Waals surface area (Å²) in [6, 6.07) is 10.4. The third kappa shape index (κ3) is 13.1. The van der Waals surface area contributed by atoms with Crippen molar-refractivity contribution in [2.24, 2.45) is 23.7 Å². The number of aryl methyl sites for hydroxylation is 2. The molecule has 7 aliphatic rings. The summed E-state index contributed by atoms with van der Waals surface area (Å²) in [5, 5.41) is 25.0. The molecule has 0 aromatic heterocycles. The molecule has 2 aromatic carbocycles. The van der Waals surface area contributed by atoms with Crippen molar-refractivity contribution >= 4 is 47.3 Å². The number of carbonyl (C=O) groups excluding carboxylic acids is 8. The van der Waals surface area contributed by atoms with E-state index in [1.165, 1.54) is 11.1 Å². The molecule has 9 rings (SSSR count). The molecule has 8 N–H and O–H groups in total. The van der Waals surface area contributed by atoms with E-state index < -0.39 is 48.3 Å². The molecule has 0 bridgehead atoms. The molecule has 2 saturated heterocycles. The van der Waals surface area contributed by atoms with Gasteiger partial charge in [-0.05, 0) is 152 Å². The van der Waals surface area contributed by atoms with Gasteiger partial charge in [-0.1, -0.05) is 87.1 Å². The van der Waals surface area contributed by atoms with E-state index in [2.05, 4.69) is 54.7 Å². The van der Waals surface area contributed by atoms with Gasteiger partial charge in [-0.25, -0.2) is 0 Å². The summed E-state index contributed by atoms with van der Waals surface area (Å²) in [4.78, 5) is 117. The predicted molar refractivity (Wildman–Crippen MR) is 295 cm³/mol. The van der Waals surface area contributed by atoms with Gasteiger partial charge < -0.3 is 52.3 Å². The molecule has 18 heteroatoms. The van der Waals surface area contributed by atoms with Crippen LogP contribution in [0.4, 0.5) is 0 Å². The van der Waals surface area contributed by atoms with Crippen molar-refractivity contribution < 1.29 is 38.4 Å². The highest BCUT2D eigenvalue weighted by atomic mass is 16.2. The number of likely N-dealkylation sites (N-methyl/N-ethyl adjacent to an activating group) is 2. The first-order chi connectivity index (χ1) is 37.7. The van der Waals surface area contributed by atoms with Gasteiger partial charge in [0, 0.05) is 37.0 Å². The van der Waals surface area contributed by atoms with Crippen LogP contribution in [0.3, 0.4) is 0 Å². The lowest BCUT2D eigenvalue weighted by atomic mass is 9.81. The summed E-state index contributed by atoms with van der Waals surface area (Å²) < 4.78 is 0. The molecule has 2 aliphatic heterocycles. The van der Waals surface area contributed by atoms with Crippen LogP contribution in [0.1, 0.15) is 164 Å². The van der Waals surface area contributed by atoms with Gasteiger partial charge in [0.2, 0.25) is 47.3 Å². The van der Waals surface area contributed by atoms with Gasteiger partial charge in [-0.15, -0.1) is 0 Å². The molecule has 18 nitrogen and oxygen atoms in total. The molecule has 5 fully saturated rings. The van der Waals surface area contributed by atoms with Crippen molar-refractivity contribution in [2.75, 3.05) is 27.2 Å². The van der Waals surface area contributed by atoms with E-state index in [0.29, 0.717) is 25.7 Å². The summed E-state index contributed by atoms with van der Waals surface area (Å²) in [5.41, 5.74) is 4.53. The Hall–Kier alpha value is -5.88. The number of hydrogen-bond acceptors (Lipinski definition) is 10. The quantitative estimate of drug-likeness (QED) is 0.107. The highest BCUT2D eigenvalue weighted by Gasteiger charge is 2.48. The van der Waals surface area contributed by atoms with E-state index in [0.717, 1.165) is 101 Å². The zero-order chi connectivity index (χ0) is 55.0. The fourth-order valence-electron chi connectivity index (χ4n) is 13.9. The van der Waals surface area contributed by atoms with Crippen LogP contribution in [0.15, 0.2) is 48.5 Å². The van der Waals surface area contributed by atoms with Crippen molar-refractivity contribution in [3.63, 3.8) is 0 Å². The molecule has 0 spiro atoms. The van der Waals surface area contributed by atoms with E-state index in [9.17, 15) is 38.4 Å². The topological polar surface area (TPSA) is 239 Å². The minimum atomic E-state index is -0.856. The molecule has 5 aliphatic carbocycles. The Morgan fingerprint density at radius 2 is 0.833 bits per heavy atom. The number of nitrogens with one attached hydrogen (secondary N) is 8. The van der Waals surface area contributed by atoms with Crippen LogP contribution in [-0.2, 0) is 51.2 Å². The summed E-state index contributed by atoms with van der Waals surface area (Å²) in [7, 11) is 3.40. The summed E-state index contributed by atoms with van der Waals surface area (Å²) in [6.07, 6.45) is 14.6. The first-order valence-corrected chi connectivity index (χ1v) is 29.6. The van der Waals surface area contributed by atoms with Crippen LogP contribution in [0.2, 0.25) is 0 Å². The molecule has 3 saturated carbocycles. The lowest BCUT2D eigenvalue weighted by molar-refractivity contribution is -0.143. The zero-order valence-corrected chi connectivity index (χ0v) is 46.4. The predicted octanol–water partition coefficient (Wildman–Crippen LogP) is 3.92. The number of likely N-dealkylation sites (tertiary alicyclic amines) is 2. The maximum Gasteiger partial charge on any atom is 0.246 e. The van der Waals surface area contributed by atoms with E-state index in [1.807, 2.05) is 36.4 Å². The molecule has 8 amide bonds. The van der Waals surface area contributed by atoms with Crippen LogP contribution in [0.25, 0.3) is 0 Å². The second kappa shape index (κ2) is 25.9. The SMILES string of the molecule is CN[C@@H](C)C(=O)N[C@H](C(=O)N1C[C@@H](NC(=O)C2CCC(C(=O)N[C@H]3C[C@@H](C(=O)NC4CCc5ccccc54)N(C(=O)[C@@H](NC(=O)[C@H](C)NC)C4CCCCC4)C3)CC2)CC1C(=O)N[C@@H]1CCc2ccccc21)C1CCCCC1. The van der Waals surface area contributed by atoms with Gasteiger partial charge >= 0.3 is 0 Å². The Balaban J connectivity index is 0.847. The van der Waals surface area contributed by atoms with Crippen molar-refractivity contribution in [2.45, 2.75) is 203 Å². The molecule has 10 atom stereocenters. The molecule has 2 aromatic rings. The van der Waals surface area contributed by atoms with E-state index in [1.54, 1.807) is 37.7 Å². The number of rotatable bonds is 18. The number of fused-ring (bicyclic) bond motifs is 2. The molecular weight excluding hydrogens is 989 g/mol. The summed E-state index contributed by atoms with van der Waals surface area (Å²) >= 11 is 0. The summed E-state index contributed by atoms with van der Waals surface area (Å²) in [5.74, 6) is -2.99. The van der Waals surface area contributed by atoms with Crippen LogP contribution in [-0.4, -0.2) is 133 Å². The minimum Gasteiger partial charge on any atom is -0.351 e. The Bertz CT molecular complexity index is 2340. The number of hydrogen-bond donors (Lipinski definition) is 8. The molecule has 0 radical (unpaired) electrons. The molecule has 78 heavy (non-hydrogen) atoms. The average Bonchev–Trinajstić information content (AvgIpc) is 4.31. The van der Waals surface area contributed by atoms with Crippen molar-refractivity contribution in [1.82, 2.24) is 52.3 Å². The smallest absolute Gasteiger partial charge is 0.246 e. The third-order valence-corrected chi connectivity index (χ3v) is 18.9. The third-order valence-electron chi connectivity index (χ3n) is 18.9. The number of amides is 8. The molecule has 424 valence electrons.